The minimum absolute atomic E-state index is 0.406. The van der Waals surface area contributed by atoms with E-state index in [0.29, 0.717) is 18.2 Å². The third-order valence-corrected chi connectivity index (χ3v) is 4.30. The SMILES string of the molecule is CCCCC1CCC(c2nc(C(O)CC)no2)CC1. The summed E-state index contributed by atoms with van der Waals surface area (Å²) in [6.45, 7) is 4.17. The van der Waals surface area contributed by atoms with Gasteiger partial charge in [0.05, 0.1) is 0 Å². The third kappa shape index (κ3) is 3.78. The number of aromatic nitrogens is 2. The fraction of sp³-hybridized carbons (Fsp3) is 0.867. The van der Waals surface area contributed by atoms with E-state index < -0.39 is 6.10 Å². The van der Waals surface area contributed by atoms with E-state index in [1.54, 1.807) is 0 Å². The number of unbranched alkanes of at least 4 members (excludes halogenated alkanes) is 1. The molecule has 1 aromatic rings. The lowest BCUT2D eigenvalue weighted by atomic mass is 9.80. The Bertz CT molecular complexity index is 370. The van der Waals surface area contributed by atoms with Crippen molar-refractivity contribution < 1.29 is 9.63 Å². The van der Waals surface area contributed by atoms with Gasteiger partial charge in [0.15, 0.2) is 5.82 Å². The van der Waals surface area contributed by atoms with Gasteiger partial charge < -0.3 is 9.63 Å². The van der Waals surface area contributed by atoms with E-state index in [1.165, 1.54) is 32.1 Å². The van der Waals surface area contributed by atoms with Crippen LogP contribution in [0.1, 0.15) is 89.0 Å². The van der Waals surface area contributed by atoms with Gasteiger partial charge in [-0.05, 0) is 38.0 Å². The van der Waals surface area contributed by atoms with Gasteiger partial charge in [0.25, 0.3) is 0 Å². The van der Waals surface area contributed by atoms with Crippen molar-refractivity contribution in [2.24, 2.45) is 5.92 Å². The van der Waals surface area contributed by atoms with Crippen LogP contribution in [0.2, 0.25) is 0 Å². The molecule has 1 aromatic heterocycles. The molecule has 1 unspecified atom stereocenters. The Morgan fingerprint density at radius 3 is 2.63 bits per heavy atom. The Morgan fingerprint density at radius 1 is 1.26 bits per heavy atom. The first-order valence-corrected chi connectivity index (χ1v) is 7.76. The number of aliphatic hydroxyl groups is 1. The first-order chi connectivity index (χ1) is 9.24. The molecule has 1 heterocycles. The topological polar surface area (TPSA) is 59.2 Å². The molecule has 0 amide bonds. The van der Waals surface area contributed by atoms with Gasteiger partial charge in [0.2, 0.25) is 5.89 Å². The molecule has 0 spiro atoms. The Balaban J connectivity index is 1.85. The summed E-state index contributed by atoms with van der Waals surface area (Å²) in [4.78, 5) is 4.36. The van der Waals surface area contributed by atoms with Gasteiger partial charge in [0.1, 0.15) is 6.10 Å². The Kier molecular flexibility index (Phi) is 5.37. The van der Waals surface area contributed by atoms with E-state index in [-0.39, 0.29) is 0 Å². The number of nitrogens with zero attached hydrogens (tertiary/aromatic N) is 2. The molecule has 0 bridgehead atoms. The van der Waals surface area contributed by atoms with Crippen molar-refractivity contribution in [2.45, 2.75) is 77.2 Å². The molecule has 1 N–H and O–H groups in total. The van der Waals surface area contributed by atoms with E-state index in [4.69, 9.17) is 4.52 Å². The zero-order valence-electron chi connectivity index (χ0n) is 12.1. The van der Waals surface area contributed by atoms with Crippen molar-refractivity contribution in [2.75, 3.05) is 0 Å². The highest BCUT2D eigenvalue weighted by molar-refractivity contribution is 4.98. The van der Waals surface area contributed by atoms with Crippen LogP contribution in [0.25, 0.3) is 0 Å². The average Bonchev–Trinajstić information content (AvgIpc) is 2.94. The maximum atomic E-state index is 9.70. The predicted molar refractivity (Wildman–Crippen MR) is 73.8 cm³/mol. The summed E-state index contributed by atoms with van der Waals surface area (Å²) in [5.41, 5.74) is 0. The molecule has 0 radical (unpaired) electrons. The number of rotatable bonds is 6. The van der Waals surface area contributed by atoms with Gasteiger partial charge in [-0.25, -0.2) is 0 Å². The second kappa shape index (κ2) is 7.04. The molecule has 0 aromatic carbocycles. The molecule has 4 heteroatoms. The molecule has 0 aliphatic heterocycles. The van der Waals surface area contributed by atoms with Crippen LogP contribution < -0.4 is 0 Å². The summed E-state index contributed by atoms with van der Waals surface area (Å²) >= 11 is 0. The van der Waals surface area contributed by atoms with Gasteiger partial charge in [-0.3, -0.25) is 0 Å². The summed E-state index contributed by atoms with van der Waals surface area (Å²) in [6.07, 6.45) is 8.91. The first-order valence-electron chi connectivity index (χ1n) is 7.76. The number of hydrogen-bond donors (Lipinski definition) is 1. The largest absolute Gasteiger partial charge is 0.385 e. The minimum Gasteiger partial charge on any atom is -0.385 e. The Morgan fingerprint density at radius 2 is 2.00 bits per heavy atom. The van der Waals surface area contributed by atoms with E-state index in [9.17, 15) is 5.11 Å². The minimum atomic E-state index is -0.585. The van der Waals surface area contributed by atoms with Crippen LogP contribution in [0.3, 0.4) is 0 Å². The first kappa shape index (κ1) is 14.5. The average molecular weight is 266 g/mol. The molecule has 1 atom stereocenters. The van der Waals surface area contributed by atoms with Crippen molar-refractivity contribution in [3.05, 3.63) is 11.7 Å². The normalized spacial score (nSPS) is 25.4. The highest BCUT2D eigenvalue weighted by atomic mass is 16.5. The lowest BCUT2D eigenvalue weighted by Crippen LogP contribution is -2.13. The fourth-order valence-electron chi connectivity index (χ4n) is 2.92. The summed E-state index contributed by atoms with van der Waals surface area (Å²) < 4.78 is 5.32. The van der Waals surface area contributed by atoms with Crippen molar-refractivity contribution in [3.8, 4) is 0 Å². The smallest absolute Gasteiger partial charge is 0.229 e. The highest BCUT2D eigenvalue weighted by Crippen LogP contribution is 2.37. The number of aliphatic hydroxyl groups excluding tert-OH is 1. The van der Waals surface area contributed by atoms with Gasteiger partial charge in [-0.1, -0.05) is 38.3 Å². The van der Waals surface area contributed by atoms with Gasteiger partial charge in [0, 0.05) is 5.92 Å². The summed E-state index contributed by atoms with van der Waals surface area (Å²) in [5, 5.41) is 13.6. The molecule has 19 heavy (non-hydrogen) atoms. The molecular weight excluding hydrogens is 240 g/mol. The zero-order valence-corrected chi connectivity index (χ0v) is 12.1. The maximum Gasteiger partial charge on any atom is 0.229 e. The second-order valence-electron chi connectivity index (χ2n) is 5.77. The van der Waals surface area contributed by atoms with E-state index in [0.717, 1.165) is 24.7 Å². The molecule has 1 aliphatic carbocycles. The van der Waals surface area contributed by atoms with Crippen LogP contribution in [0.15, 0.2) is 4.52 Å². The maximum absolute atomic E-state index is 9.70. The molecule has 0 saturated heterocycles. The molecule has 2 rings (SSSR count). The van der Waals surface area contributed by atoms with Gasteiger partial charge >= 0.3 is 0 Å². The van der Waals surface area contributed by atoms with Crippen LogP contribution in [0.5, 0.6) is 0 Å². The summed E-state index contributed by atoms with van der Waals surface area (Å²) in [7, 11) is 0. The summed E-state index contributed by atoms with van der Waals surface area (Å²) in [6, 6.07) is 0. The van der Waals surface area contributed by atoms with Crippen LogP contribution in [-0.4, -0.2) is 15.2 Å². The van der Waals surface area contributed by atoms with Gasteiger partial charge in [-0.15, -0.1) is 0 Å². The van der Waals surface area contributed by atoms with Crippen LogP contribution >= 0.6 is 0 Å². The molecular formula is C15H26N2O2. The quantitative estimate of drug-likeness (QED) is 0.846. The monoisotopic (exact) mass is 266 g/mol. The van der Waals surface area contributed by atoms with Gasteiger partial charge in [-0.2, -0.15) is 4.98 Å². The van der Waals surface area contributed by atoms with E-state index in [2.05, 4.69) is 17.1 Å². The van der Waals surface area contributed by atoms with E-state index in [1.807, 2.05) is 6.92 Å². The Labute approximate surface area is 115 Å². The lowest BCUT2D eigenvalue weighted by molar-refractivity contribution is 0.159. The van der Waals surface area contributed by atoms with Crippen LogP contribution in [0.4, 0.5) is 0 Å². The molecule has 1 fully saturated rings. The predicted octanol–water partition coefficient (Wildman–Crippen LogP) is 3.98. The van der Waals surface area contributed by atoms with Crippen LogP contribution in [-0.2, 0) is 0 Å². The van der Waals surface area contributed by atoms with Crippen molar-refractivity contribution in [1.82, 2.24) is 10.1 Å². The van der Waals surface area contributed by atoms with Crippen molar-refractivity contribution in [3.63, 3.8) is 0 Å². The molecule has 1 aliphatic rings. The molecule has 4 nitrogen and oxygen atoms in total. The molecule has 1 saturated carbocycles. The molecule has 108 valence electrons. The third-order valence-electron chi connectivity index (χ3n) is 4.30. The summed E-state index contributed by atoms with van der Waals surface area (Å²) in [5.74, 6) is 2.48. The second-order valence-corrected chi connectivity index (χ2v) is 5.77. The number of hydrogen-bond acceptors (Lipinski definition) is 4. The van der Waals surface area contributed by atoms with E-state index >= 15 is 0 Å². The zero-order chi connectivity index (χ0) is 13.7. The Hall–Kier alpha value is -0.900. The van der Waals surface area contributed by atoms with Crippen LogP contribution in [0, 0.1) is 5.92 Å². The van der Waals surface area contributed by atoms with Crippen molar-refractivity contribution in [1.29, 1.82) is 0 Å². The van der Waals surface area contributed by atoms with Crippen molar-refractivity contribution >= 4 is 0 Å². The standard InChI is InChI=1S/C15H26N2O2/c1-3-5-6-11-7-9-12(10-8-11)15-16-14(17-19-15)13(18)4-2/h11-13,18H,3-10H2,1-2H3. The highest BCUT2D eigenvalue weighted by Gasteiger charge is 2.26. The lowest BCUT2D eigenvalue weighted by Gasteiger charge is -2.26. The fourth-order valence-corrected chi connectivity index (χ4v) is 2.92.